The molecule has 150 valence electrons. The van der Waals surface area contributed by atoms with Crippen molar-refractivity contribution < 1.29 is 9.47 Å². The Kier molecular flexibility index (Phi) is 6.14. The highest BCUT2D eigenvalue weighted by molar-refractivity contribution is 5.66. The Morgan fingerprint density at radius 3 is 1.23 bits per heavy atom. The molecule has 4 rings (SSSR count). The van der Waals surface area contributed by atoms with Crippen molar-refractivity contribution in [2.24, 2.45) is 0 Å². The molecular weight excluding hydrogens is 368 g/mol. The van der Waals surface area contributed by atoms with E-state index in [0.717, 1.165) is 24.3 Å². The summed E-state index contributed by atoms with van der Waals surface area (Å²) >= 11 is 0. The van der Waals surface area contributed by atoms with Crippen LogP contribution < -0.4 is 9.47 Å². The quantitative estimate of drug-likeness (QED) is 0.342. The summed E-state index contributed by atoms with van der Waals surface area (Å²) in [4.78, 5) is 0. The molecule has 0 spiro atoms. The van der Waals surface area contributed by atoms with Crippen molar-refractivity contribution in [2.75, 3.05) is 14.2 Å². The Balaban J connectivity index is 1.47. The van der Waals surface area contributed by atoms with Crippen LogP contribution in [0.1, 0.15) is 11.1 Å². The van der Waals surface area contributed by atoms with Crippen LogP contribution in [0.25, 0.3) is 22.3 Å². The van der Waals surface area contributed by atoms with E-state index in [1.165, 1.54) is 33.4 Å². The molecule has 0 heterocycles. The van der Waals surface area contributed by atoms with E-state index in [0.29, 0.717) is 0 Å². The maximum Gasteiger partial charge on any atom is 0.118 e. The zero-order valence-electron chi connectivity index (χ0n) is 17.5. The smallest absolute Gasteiger partial charge is 0.118 e. The lowest BCUT2D eigenvalue weighted by Crippen LogP contribution is -1.93. The fourth-order valence-electron chi connectivity index (χ4n) is 3.67. The van der Waals surface area contributed by atoms with Crippen molar-refractivity contribution in [2.45, 2.75) is 12.8 Å². The van der Waals surface area contributed by atoms with E-state index in [4.69, 9.17) is 9.47 Å². The predicted octanol–water partition coefficient (Wildman–Crippen LogP) is 6.82. The molecule has 0 aliphatic carbocycles. The Morgan fingerprint density at radius 1 is 0.467 bits per heavy atom. The molecule has 2 heteroatoms. The van der Waals surface area contributed by atoms with Crippen molar-refractivity contribution in [3.63, 3.8) is 0 Å². The first kappa shape index (κ1) is 19.8. The lowest BCUT2D eigenvalue weighted by Gasteiger charge is -2.09. The van der Waals surface area contributed by atoms with Gasteiger partial charge in [-0.25, -0.2) is 0 Å². The van der Waals surface area contributed by atoms with Gasteiger partial charge in [-0.05, 0) is 70.5 Å². The van der Waals surface area contributed by atoms with Crippen LogP contribution in [0.15, 0.2) is 97.1 Å². The highest BCUT2D eigenvalue weighted by atomic mass is 16.5. The normalized spacial score (nSPS) is 10.6. The first-order valence-corrected chi connectivity index (χ1v) is 10.2. The topological polar surface area (TPSA) is 18.5 Å². The van der Waals surface area contributed by atoms with Gasteiger partial charge in [-0.2, -0.15) is 0 Å². The molecule has 2 nitrogen and oxygen atoms in total. The highest BCUT2D eigenvalue weighted by Gasteiger charge is 2.04. The molecular formula is C28H26O2. The number of methoxy groups -OCH3 is 2. The predicted molar refractivity (Wildman–Crippen MR) is 124 cm³/mol. The summed E-state index contributed by atoms with van der Waals surface area (Å²) in [5, 5.41) is 0. The molecule has 0 unspecified atom stereocenters. The summed E-state index contributed by atoms with van der Waals surface area (Å²) in [7, 11) is 3.39. The molecule has 4 aromatic rings. The molecule has 30 heavy (non-hydrogen) atoms. The zero-order valence-corrected chi connectivity index (χ0v) is 17.5. The number of benzene rings is 4. The standard InChI is InChI=1S/C28H26O2/c1-29-27-15-11-23(12-16-27)25-7-3-5-21(19-25)9-10-22-6-4-8-26(20-22)24-13-17-28(30-2)18-14-24/h3-8,11-20H,9-10H2,1-2H3. The summed E-state index contributed by atoms with van der Waals surface area (Å²) in [5.41, 5.74) is 7.58. The average Bonchev–Trinajstić information content (AvgIpc) is 2.83. The van der Waals surface area contributed by atoms with Crippen LogP contribution in [0.5, 0.6) is 11.5 Å². The van der Waals surface area contributed by atoms with Gasteiger partial charge in [0.2, 0.25) is 0 Å². The van der Waals surface area contributed by atoms with Crippen LogP contribution >= 0.6 is 0 Å². The summed E-state index contributed by atoms with van der Waals surface area (Å²) in [6, 6.07) is 34.1. The lowest BCUT2D eigenvalue weighted by atomic mass is 9.97. The zero-order chi connectivity index (χ0) is 20.8. The van der Waals surface area contributed by atoms with Gasteiger partial charge < -0.3 is 9.47 Å². The first-order chi connectivity index (χ1) is 14.7. The van der Waals surface area contributed by atoms with Gasteiger partial charge in [-0.3, -0.25) is 0 Å². The molecule has 0 bridgehead atoms. The van der Waals surface area contributed by atoms with Crippen LogP contribution in [0.2, 0.25) is 0 Å². The Bertz CT molecular complexity index is 1010. The summed E-state index contributed by atoms with van der Waals surface area (Å²) < 4.78 is 10.5. The minimum atomic E-state index is 0.881. The Labute approximate surface area is 178 Å². The van der Waals surface area contributed by atoms with Gasteiger partial charge in [-0.1, -0.05) is 72.8 Å². The van der Waals surface area contributed by atoms with E-state index in [2.05, 4.69) is 72.8 Å². The van der Waals surface area contributed by atoms with E-state index >= 15 is 0 Å². The van der Waals surface area contributed by atoms with Crippen molar-refractivity contribution in [1.29, 1.82) is 0 Å². The van der Waals surface area contributed by atoms with Crippen LogP contribution in [0.4, 0.5) is 0 Å². The van der Waals surface area contributed by atoms with Gasteiger partial charge in [-0.15, -0.1) is 0 Å². The van der Waals surface area contributed by atoms with Crippen molar-refractivity contribution in [1.82, 2.24) is 0 Å². The SMILES string of the molecule is COc1ccc(-c2cccc(CCc3cccc(-c4ccc(OC)cc4)c3)c2)cc1. The van der Waals surface area contributed by atoms with Crippen LogP contribution in [-0.4, -0.2) is 14.2 Å². The number of ether oxygens (including phenoxy) is 2. The van der Waals surface area contributed by atoms with Gasteiger partial charge in [0.1, 0.15) is 11.5 Å². The third-order valence-corrected chi connectivity index (χ3v) is 5.40. The van der Waals surface area contributed by atoms with Crippen LogP contribution in [0.3, 0.4) is 0 Å². The minimum Gasteiger partial charge on any atom is -0.497 e. The maximum absolute atomic E-state index is 5.26. The molecule has 0 aromatic heterocycles. The van der Waals surface area contributed by atoms with Gasteiger partial charge in [0.05, 0.1) is 14.2 Å². The molecule has 0 N–H and O–H groups in total. The van der Waals surface area contributed by atoms with Gasteiger partial charge in [0.15, 0.2) is 0 Å². The first-order valence-electron chi connectivity index (χ1n) is 10.2. The average molecular weight is 395 g/mol. The molecule has 0 radical (unpaired) electrons. The second kappa shape index (κ2) is 9.32. The third kappa shape index (κ3) is 4.72. The molecule has 0 amide bonds. The number of rotatable bonds is 7. The van der Waals surface area contributed by atoms with Crippen LogP contribution in [-0.2, 0) is 12.8 Å². The Morgan fingerprint density at radius 2 is 0.867 bits per heavy atom. The maximum atomic E-state index is 5.26. The third-order valence-electron chi connectivity index (χ3n) is 5.40. The van der Waals surface area contributed by atoms with Crippen molar-refractivity contribution >= 4 is 0 Å². The van der Waals surface area contributed by atoms with E-state index in [1.807, 2.05) is 24.3 Å². The molecule has 0 saturated heterocycles. The van der Waals surface area contributed by atoms with Crippen LogP contribution in [0, 0.1) is 0 Å². The molecule has 0 aliphatic heterocycles. The van der Waals surface area contributed by atoms with Crippen molar-refractivity contribution in [3.05, 3.63) is 108 Å². The second-order valence-electron chi connectivity index (χ2n) is 7.36. The summed E-state index contributed by atoms with van der Waals surface area (Å²) in [6.07, 6.45) is 2.02. The fourth-order valence-corrected chi connectivity index (χ4v) is 3.67. The van der Waals surface area contributed by atoms with Gasteiger partial charge >= 0.3 is 0 Å². The molecule has 0 aliphatic rings. The molecule has 4 aromatic carbocycles. The molecule has 0 fully saturated rings. The number of hydrogen-bond acceptors (Lipinski definition) is 2. The highest BCUT2D eigenvalue weighted by Crippen LogP contribution is 2.25. The monoisotopic (exact) mass is 394 g/mol. The number of aryl methyl sites for hydroxylation is 2. The molecule has 0 saturated carbocycles. The Hall–Kier alpha value is -3.52. The fraction of sp³-hybridized carbons (Fsp3) is 0.143. The van der Waals surface area contributed by atoms with E-state index in [9.17, 15) is 0 Å². The van der Waals surface area contributed by atoms with E-state index in [1.54, 1.807) is 14.2 Å². The largest absolute Gasteiger partial charge is 0.497 e. The van der Waals surface area contributed by atoms with Gasteiger partial charge in [0, 0.05) is 0 Å². The molecule has 0 atom stereocenters. The van der Waals surface area contributed by atoms with E-state index < -0.39 is 0 Å². The lowest BCUT2D eigenvalue weighted by molar-refractivity contribution is 0.415. The minimum absolute atomic E-state index is 0.881. The number of hydrogen-bond donors (Lipinski definition) is 0. The summed E-state index contributed by atoms with van der Waals surface area (Å²) in [6.45, 7) is 0. The van der Waals surface area contributed by atoms with E-state index in [-0.39, 0.29) is 0 Å². The second-order valence-corrected chi connectivity index (χ2v) is 7.36. The van der Waals surface area contributed by atoms with Gasteiger partial charge in [0.25, 0.3) is 0 Å². The summed E-state index contributed by atoms with van der Waals surface area (Å²) in [5.74, 6) is 1.76. The van der Waals surface area contributed by atoms with Crippen molar-refractivity contribution in [3.8, 4) is 33.8 Å².